The van der Waals surface area contributed by atoms with Gasteiger partial charge in [-0.3, -0.25) is 0 Å². The number of nitriles is 2. The lowest BCUT2D eigenvalue weighted by molar-refractivity contribution is 1.21. The van der Waals surface area contributed by atoms with Crippen molar-refractivity contribution in [3.63, 3.8) is 0 Å². The van der Waals surface area contributed by atoms with Gasteiger partial charge in [0, 0.05) is 22.4 Å². The minimum absolute atomic E-state index is 0.101. The zero-order valence-corrected chi connectivity index (χ0v) is 13.4. The van der Waals surface area contributed by atoms with E-state index in [4.69, 9.17) is 0 Å². The molecule has 114 valence electrons. The molecule has 0 atom stereocenters. The predicted octanol–water partition coefficient (Wildman–Crippen LogP) is 4.08. The van der Waals surface area contributed by atoms with E-state index in [1.54, 1.807) is 0 Å². The van der Waals surface area contributed by atoms with Crippen LogP contribution in [0.15, 0.2) is 64.3 Å². The highest BCUT2D eigenvalue weighted by atomic mass is 15.2. The molecule has 0 aromatic heterocycles. The van der Waals surface area contributed by atoms with Crippen molar-refractivity contribution in [2.24, 2.45) is 10.2 Å². The van der Waals surface area contributed by atoms with Crippen molar-refractivity contribution in [2.75, 3.05) is 0 Å². The van der Waals surface area contributed by atoms with Crippen LogP contribution >= 0.6 is 0 Å². The van der Waals surface area contributed by atoms with Crippen LogP contribution in [0.1, 0.15) is 36.1 Å². The summed E-state index contributed by atoms with van der Waals surface area (Å²) in [6.45, 7) is 3.78. The van der Waals surface area contributed by atoms with Crippen molar-refractivity contribution in [2.45, 2.75) is 13.8 Å². The van der Waals surface area contributed by atoms with Gasteiger partial charge in [-0.25, -0.2) is 0 Å². The summed E-state index contributed by atoms with van der Waals surface area (Å²) in [6, 6.07) is 19.4. The lowest BCUT2D eigenvalue weighted by Gasteiger charge is -2.23. The Labute approximate surface area is 140 Å². The maximum absolute atomic E-state index is 9.39. The average molecular weight is 310 g/mol. The number of allylic oxidation sites excluding steroid dienone is 1. The Kier molecular flexibility index (Phi) is 4.05. The first kappa shape index (κ1) is 15.4. The first-order valence-electron chi connectivity index (χ1n) is 7.50. The van der Waals surface area contributed by atoms with E-state index < -0.39 is 0 Å². The van der Waals surface area contributed by atoms with Crippen molar-refractivity contribution in [1.82, 2.24) is 0 Å². The summed E-state index contributed by atoms with van der Waals surface area (Å²) >= 11 is 0. The molecule has 3 rings (SSSR count). The first-order chi connectivity index (χ1) is 11.7. The molecule has 0 amide bonds. The van der Waals surface area contributed by atoms with Gasteiger partial charge in [-0.05, 0) is 25.0 Å². The van der Waals surface area contributed by atoms with Crippen LogP contribution in [0.2, 0.25) is 0 Å². The third kappa shape index (κ3) is 2.51. The van der Waals surface area contributed by atoms with E-state index in [2.05, 4.69) is 10.2 Å². The minimum Gasteiger partial charge on any atom is -0.192 e. The van der Waals surface area contributed by atoms with Gasteiger partial charge in [-0.1, -0.05) is 48.5 Å². The van der Waals surface area contributed by atoms with Gasteiger partial charge in [0.05, 0.1) is 0 Å². The Morgan fingerprint density at radius 2 is 1.25 bits per heavy atom. The van der Waals surface area contributed by atoms with Crippen molar-refractivity contribution >= 4 is 17.0 Å². The fourth-order valence-electron chi connectivity index (χ4n) is 2.77. The molecule has 0 saturated carbocycles. The molecule has 0 unspecified atom stereocenters. The van der Waals surface area contributed by atoms with Crippen LogP contribution in [0.25, 0.3) is 5.57 Å². The summed E-state index contributed by atoms with van der Waals surface area (Å²) < 4.78 is 0. The second kappa shape index (κ2) is 6.32. The molecular weight excluding hydrogens is 296 g/mol. The summed E-state index contributed by atoms with van der Waals surface area (Å²) in [5.41, 5.74) is 5.77. The van der Waals surface area contributed by atoms with Crippen LogP contribution in [-0.4, -0.2) is 11.4 Å². The van der Waals surface area contributed by atoms with Gasteiger partial charge in [0.15, 0.2) is 0 Å². The van der Waals surface area contributed by atoms with Crippen molar-refractivity contribution in [1.29, 1.82) is 10.5 Å². The van der Waals surface area contributed by atoms with Gasteiger partial charge in [0.25, 0.3) is 0 Å². The molecule has 0 aliphatic heterocycles. The molecule has 0 saturated heterocycles. The molecule has 4 nitrogen and oxygen atoms in total. The molecule has 4 heteroatoms. The van der Waals surface area contributed by atoms with Gasteiger partial charge < -0.3 is 0 Å². The van der Waals surface area contributed by atoms with Gasteiger partial charge >= 0.3 is 0 Å². The molecule has 2 aromatic carbocycles. The molecular formula is C20H14N4. The molecule has 1 aliphatic rings. The summed E-state index contributed by atoms with van der Waals surface area (Å²) in [5.74, 6) is 0. The SMILES string of the molecule is CC(C)=NN=C1c2ccccc2C(=C(C#N)C#N)c2ccccc21. The van der Waals surface area contributed by atoms with Crippen molar-refractivity contribution in [3.05, 3.63) is 76.4 Å². The second-order valence-corrected chi connectivity index (χ2v) is 5.56. The molecule has 0 N–H and O–H groups in total. The normalized spacial score (nSPS) is 11.5. The van der Waals surface area contributed by atoms with Crippen LogP contribution in [0, 0.1) is 22.7 Å². The Balaban J connectivity index is 2.44. The zero-order valence-electron chi connectivity index (χ0n) is 13.4. The lowest BCUT2D eigenvalue weighted by atomic mass is 9.79. The fourth-order valence-corrected chi connectivity index (χ4v) is 2.77. The van der Waals surface area contributed by atoms with E-state index >= 15 is 0 Å². The van der Waals surface area contributed by atoms with Gasteiger partial charge in [0.2, 0.25) is 0 Å². The van der Waals surface area contributed by atoms with Crippen LogP contribution < -0.4 is 0 Å². The predicted molar refractivity (Wildman–Crippen MR) is 94.6 cm³/mol. The number of nitrogens with zero attached hydrogens (tertiary/aromatic N) is 4. The standard InChI is InChI=1S/C20H14N4/c1-13(2)23-24-20-17-9-5-3-7-15(17)19(14(11-21)12-22)16-8-4-6-10-18(16)20/h3-10H,1-2H3. The summed E-state index contributed by atoms with van der Waals surface area (Å²) in [5, 5.41) is 27.4. The molecule has 2 aromatic rings. The molecule has 0 fully saturated rings. The molecule has 1 aliphatic carbocycles. The van der Waals surface area contributed by atoms with E-state index in [9.17, 15) is 10.5 Å². The highest BCUT2D eigenvalue weighted by molar-refractivity contribution is 6.22. The van der Waals surface area contributed by atoms with Crippen molar-refractivity contribution in [3.8, 4) is 12.1 Å². The molecule has 0 radical (unpaired) electrons. The Bertz CT molecular complexity index is 923. The third-order valence-corrected chi connectivity index (χ3v) is 3.73. The quantitative estimate of drug-likeness (QED) is 0.386. The Morgan fingerprint density at radius 3 is 1.67 bits per heavy atom. The number of benzene rings is 2. The van der Waals surface area contributed by atoms with E-state index in [1.807, 2.05) is 74.5 Å². The molecule has 24 heavy (non-hydrogen) atoms. The maximum Gasteiger partial charge on any atom is 0.138 e. The summed E-state index contributed by atoms with van der Waals surface area (Å²) in [6.07, 6.45) is 0. The second-order valence-electron chi connectivity index (χ2n) is 5.56. The number of hydrogen-bond donors (Lipinski definition) is 0. The van der Waals surface area contributed by atoms with E-state index in [-0.39, 0.29) is 5.57 Å². The minimum atomic E-state index is 0.101. The summed E-state index contributed by atoms with van der Waals surface area (Å²) in [7, 11) is 0. The molecule has 0 heterocycles. The number of rotatable bonds is 1. The van der Waals surface area contributed by atoms with Gasteiger partial charge in [0.1, 0.15) is 23.4 Å². The van der Waals surface area contributed by atoms with Crippen LogP contribution in [-0.2, 0) is 0 Å². The molecule has 0 spiro atoms. The van der Waals surface area contributed by atoms with Gasteiger partial charge in [-0.2, -0.15) is 15.6 Å². The van der Waals surface area contributed by atoms with E-state index in [1.165, 1.54) is 0 Å². The monoisotopic (exact) mass is 310 g/mol. The highest BCUT2D eigenvalue weighted by Gasteiger charge is 2.27. The third-order valence-electron chi connectivity index (χ3n) is 3.73. The summed E-state index contributed by atoms with van der Waals surface area (Å²) in [4.78, 5) is 0. The average Bonchev–Trinajstić information content (AvgIpc) is 2.61. The smallest absolute Gasteiger partial charge is 0.138 e. The zero-order chi connectivity index (χ0) is 17.1. The first-order valence-corrected chi connectivity index (χ1v) is 7.50. The fraction of sp³-hybridized carbons (Fsp3) is 0.100. The molecule has 0 bridgehead atoms. The van der Waals surface area contributed by atoms with E-state index in [0.29, 0.717) is 5.57 Å². The van der Waals surface area contributed by atoms with Crippen LogP contribution in [0.5, 0.6) is 0 Å². The Hall–Kier alpha value is -3.50. The highest BCUT2D eigenvalue weighted by Crippen LogP contribution is 2.37. The maximum atomic E-state index is 9.39. The number of fused-ring (bicyclic) bond motifs is 2. The van der Waals surface area contributed by atoms with Crippen LogP contribution in [0.3, 0.4) is 0 Å². The Morgan fingerprint density at radius 1 is 0.792 bits per heavy atom. The van der Waals surface area contributed by atoms with Crippen molar-refractivity contribution < 1.29 is 0 Å². The topological polar surface area (TPSA) is 72.3 Å². The largest absolute Gasteiger partial charge is 0.192 e. The number of hydrogen-bond acceptors (Lipinski definition) is 4. The van der Waals surface area contributed by atoms with Gasteiger partial charge in [-0.15, -0.1) is 5.10 Å². The van der Waals surface area contributed by atoms with E-state index in [0.717, 1.165) is 33.7 Å². The lowest BCUT2D eigenvalue weighted by Crippen LogP contribution is -2.16. The van der Waals surface area contributed by atoms with Crippen LogP contribution in [0.4, 0.5) is 0 Å².